The Bertz CT molecular complexity index is 410. The quantitative estimate of drug-likeness (QED) is 0.680. The Morgan fingerprint density at radius 3 is 2.85 bits per heavy atom. The fraction of sp³-hybridized carbons (Fsp3) is 0.533. The molecule has 1 rings (SSSR count). The number of benzene rings is 1. The van der Waals surface area contributed by atoms with Crippen LogP contribution >= 0.6 is 0 Å². The van der Waals surface area contributed by atoms with Crippen LogP contribution in [0.15, 0.2) is 24.3 Å². The standard InChI is InChI=1S/C15H24N2O3/c1-4-12(2)16-11-15(18)17-13-6-5-7-14(10-13)20-9-8-19-3/h5-7,10,12,16H,4,8-9,11H2,1-3H3,(H,17,18). The van der Waals surface area contributed by atoms with Gasteiger partial charge < -0.3 is 20.1 Å². The van der Waals surface area contributed by atoms with Gasteiger partial charge in [0.1, 0.15) is 12.4 Å². The van der Waals surface area contributed by atoms with Gasteiger partial charge in [0.2, 0.25) is 5.91 Å². The SMILES string of the molecule is CCC(C)NCC(=O)Nc1cccc(OCCOC)c1. The summed E-state index contributed by atoms with van der Waals surface area (Å²) in [6.07, 6.45) is 0.996. The minimum atomic E-state index is -0.0562. The van der Waals surface area contributed by atoms with Crippen molar-refractivity contribution in [3.8, 4) is 5.75 Å². The van der Waals surface area contributed by atoms with Gasteiger partial charge in [0, 0.05) is 24.9 Å². The van der Waals surface area contributed by atoms with E-state index in [-0.39, 0.29) is 5.91 Å². The van der Waals surface area contributed by atoms with Crippen LogP contribution in [0.25, 0.3) is 0 Å². The maximum Gasteiger partial charge on any atom is 0.238 e. The van der Waals surface area contributed by atoms with Crippen LogP contribution < -0.4 is 15.4 Å². The summed E-state index contributed by atoms with van der Waals surface area (Å²) in [4.78, 5) is 11.8. The molecule has 1 aromatic carbocycles. The Morgan fingerprint density at radius 2 is 2.15 bits per heavy atom. The summed E-state index contributed by atoms with van der Waals surface area (Å²) in [6, 6.07) is 7.67. The molecule has 2 N–H and O–H groups in total. The van der Waals surface area contributed by atoms with Gasteiger partial charge in [0.15, 0.2) is 0 Å². The van der Waals surface area contributed by atoms with Gasteiger partial charge in [-0.3, -0.25) is 4.79 Å². The van der Waals surface area contributed by atoms with Crippen molar-refractivity contribution in [2.45, 2.75) is 26.3 Å². The molecule has 1 amide bonds. The predicted molar refractivity (Wildman–Crippen MR) is 80.2 cm³/mol. The third-order valence-corrected chi connectivity index (χ3v) is 2.90. The van der Waals surface area contributed by atoms with Crippen LogP contribution in [0.1, 0.15) is 20.3 Å². The summed E-state index contributed by atoms with van der Waals surface area (Å²) < 4.78 is 10.4. The highest BCUT2D eigenvalue weighted by atomic mass is 16.5. The van der Waals surface area contributed by atoms with Crippen molar-refractivity contribution in [2.24, 2.45) is 0 Å². The Labute approximate surface area is 120 Å². The smallest absolute Gasteiger partial charge is 0.238 e. The van der Waals surface area contributed by atoms with Gasteiger partial charge >= 0.3 is 0 Å². The van der Waals surface area contributed by atoms with Gasteiger partial charge in [-0.05, 0) is 25.5 Å². The molecule has 0 bridgehead atoms. The van der Waals surface area contributed by atoms with Crippen LogP contribution in [0, 0.1) is 0 Å². The van der Waals surface area contributed by atoms with Crippen LogP contribution in [0.4, 0.5) is 5.69 Å². The first-order valence-corrected chi connectivity index (χ1v) is 6.90. The number of rotatable bonds is 9. The van der Waals surface area contributed by atoms with Gasteiger partial charge in [-0.25, -0.2) is 0 Å². The molecule has 1 aromatic rings. The van der Waals surface area contributed by atoms with Gasteiger partial charge in [-0.2, -0.15) is 0 Å². The number of methoxy groups -OCH3 is 1. The van der Waals surface area contributed by atoms with Crippen molar-refractivity contribution in [3.63, 3.8) is 0 Å². The molecule has 20 heavy (non-hydrogen) atoms. The third kappa shape index (κ3) is 6.54. The highest BCUT2D eigenvalue weighted by Gasteiger charge is 2.05. The van der Waals surface area contributed by atoms with Crippen LogP contribution in [0.5, 0.6) is 5.75 Å². The minimum absolute atomic E-state index is 0.0562. The molecule has 0 fully saturated rings. The minimum Gasteiger partial charge on any atom is -0.491 e. The first-order valence-electron chi connectivity index (χ1n) is 6.90. The second-order valence-corrected chi connectivity index (χ2v) is 4.61. The molecule has 0 saturated heterocycles. The second kappa shape index (κ2) is 9.34. The summed E-state index contributed by atoms with van der Waals surface area (Å²) in [7, 11) is 1.63. The zero-order chi connectivity index (χ0) is 14.8. The number of amides is 1. The van der Waals surface area contributed by atoms with Crippen LogP contribution in [-0.4, -0.2) is 38.8 Å². The predicted octanol–water partition coefficient (Wildman–Crippen LogP) is 2.04. The van der Waals surface area contributed by atoms with E-state index in [0.29, 0.717) is 25.8 Å². The zero-order valence-electron chi connectivity index (χ0n) is 12.4. The Morgan fingerprint density at radius 1 is 1.35 bits per heavy atom. The highest BCUT2D eigenvalue weighted by molar-refractivity contribution is 5.92. The number of carbonyl (C=O) groups is 1. The third-order valence-electron chi connectivity index (χ3n) is 2.90. The summed E-state index contributed by atoms with van der Waals surface area (Å²) in [5.74, 6) is 0.661. The van der Waals surface area contributed by atoms with E-state index in [9.17, 15) is 4.79 Å². The van der Waals surface area contributed by atoms with Gasteiger partial charge in [-0.15, -0.1) is 0 Å². The fourth-order valence-corrected chi connectivity index (χ4v) is 1.52. The van der Waals surface area contributed by atoms with Crippen molar-refractivity contribution >= 4 is 11.6 Å². The molecule has 0 aliphatic carbocycles. The zero-order valence-corrected chi connectivity index (χ0v) is 12.4. The number of anilines is 1. The average molecular weight is 280 g/mol. The maximum atomic E-state index is 11.8. The van der Waals surface area contributed by atoms with Gasteiger partial charge in [-0.1, -0.05) is 13.0 Å². The lowest BCUT2D eigenvalue weighted by atomic mass is 10.2. The molecule has 5 nitrogen and oxygen atoms in total. The molecule has 0 heterocycles. The number of hydrogen-bond acceptors (Lipinski definition) is 4. The molecule has 0 saturated carbocycles. The molecule has 5 heteroatoms. The lowest BCUT2D eigenvalue weighted by Crippen LogP contribution is -2.33. The van der Waals surface area contributed by atoms with Gasteiger partial charge in [0.05, 0.1) is 13.2 Å². The molecule has 0 aliphatic heterocycles. The summed E-state index contributed by atoms with van der Waals surface area (Å²) in [5, 5.41) is 5.99. The van der Waals surface area contributed by atoms with E-state index in [0.717, 1.165) is 17.9 Å². The normalized spacial score (nSPS) is 11.9. The van der Waals surface area contributed by atoms with E-state index in [1.165, 1.54) is 0 Å². The van der Waals surface area contributed by atoms with E-state index in [4.69, 9.17) is 9.47 Å². The highest BCUT2D eigenvalue weighted by Crippen LogP contribution is 2.17. The van der Waals surface area contributed by atoms with Crippen molar-refractivity contribution in [1.29, 1.82) is 0 Å². The van der Waals surface area contributed by atoms with E-state index in [1.54, 1.807) is 13.2 Å². The summed E-state index contributed by atoms with van der Waals surface area (Å²) >= 11 is 0. The number of carbonyl (C=O) groups excluding carboxylic acids is 1. The lowest BCUT2D eigenvalue weighted by molar-refractivity contribution is -0.115. The fourth-order valence-electron chi connectivity index (χ4n) is 1.52. The summed E-state index contributed by atoms with van der Waals surface area (Å²) in [5.41, 5.74) is 0.732. The monoisotopic (exact) mass is 280 g/mol. The summed E-state index contributed by atoms with van der Waals surface area (Å²) in [6.45, 7) is 5.47. The number of nitrogens with one attached hydrogen (secondary N) is 2. The van der Waals surface area contributed by atoms with Crippen LogP contribution in [0.3, 0.4) is 0 Å². The molecule has 112 valence electrons. The Hall–Kier alpha value is -1.59. The molecule has 1 unspecified atom stereocenters. The molecule has 0 spiro atoms. The Balaban J connectivity index is 2.42. The van der Waals surface area contributed by atoms with Crippen molar-refractivity contribution in [2.75, 3.05) is 32.2 Å². The van der Waals surface area contributed by atoms with Crippen LogP contribution in [-0.2, 0) is 9.53 Å². The maximum absolute atomic E-state index is 11.8. The molecule has 1 atom stereocenters. The molecule has 0 aromatic heterocycles. The molecule has 0 aliphatic rings. The lowest BCUT2D eigenvalue weighted by Gasteiger charge is -2.12. The first kappa shape index (κ1) is 16.5. The largest absolute Gasteiger partial charge is 0.491 e. The number of hydrogen-bond donors (Lipinski definition) is 2. The van der Waals surface area contributed by atoms with Crippen molar-refractivity contribution in [1.82, 2.24) is 5.32 Å². The molecule has 0 radical (unpaired) electrons. The van der Waals surface area contributed by atoms with Crippen LogP contribution in [0.2, 0.25) is 0 Å². The average Bonchev–Trinajstić information content (AvgIpc) is 2.45. The number of ether oxygens (including phenoxy) is 2. The second-order valence-electron chi connectivity index (χ2n) is 4.61. The van der Waals surface area contributed by atoms with E-state index in [1.807, 2.05) is 18.2 Å². The molecular formula is C15H24N2O3. The van der Waals surface area contributed by atoms with E-state index >= 15 is 0 Å². The topological polar surface area (TPSA) is 59.6 Å². The van der Waals surface area contributed by atoms with E-state index in [2.05, 4.69) is 24.5 Å². The van der Waals surface area contributed by atoms with Crippen molar-refractivity contribution < 1.29 is 14.3 Å². The molecular weight excluding hydrogens is 256 g/mol. The first-order chi connectivity index (χ1) is 9.65. The Kier molecular flexibility index (Phi) is 7.69. The van der Waals surface area contributed by atoms with E-state index < -0.39 is 0 Å². The van der Waals surface area contributed by atoms with Crippen molar-refractivity contribution in [3.05, 3.63) is 24.3 Å². The van der Waals surface area contributed by atoms with Gasteiger partial charge in [0.25, 0.3) is 0 Å².